The number of nitrogens with zero attached hydrogens (tertiary/aromatic N) is 1. The Morgan fingerprint density at radius 3 is 2.26 bits per heavy atom. The van der Waals surface area contributed by atoms with Crippen LogP contribution in [0.2, 0.25) is 0 Å². The van der Waals surface area contributed by atoms with Crippen molar-refractivity contribution in [3.63, 3.8) is 0 Å². The molecule has 0 radical (unpaired) electrons. The van der Waals surface area contributed by atoms with Gasteiger partial charge in [-0.1, -0.05) is 35.4 Å². The smallest absolute Gasteiger partial charge is 0.219 e. The van der Waals surface area contributed by atoms with Crippen LogP contribution < -0.4 is 5.32 Å². The van der Waals surface area contributed by atoms with Crippen molar-refractivity contribution in [2.24, 2.45) is 0 Å². The number of likely N-dealkylation sites (tertiary alicyclic amines) is 1. The van der Waals surface area contributed by atoms with Crippen molar-refractivity contribution in [2.75, 3.05) is 25.6 Å². The van der Waals surface area contributed by atoms with E-state index < -0.39 is 0 Å². The number of dihydropyridines is 1. The summed E-state index contributed by atoms with van der Waals surface area (Å²) in [4.78, 5) is 13.7. The number of phenols is 1. The fourth-order valence-corrected chi connectivity index (χ4v) is 5.50. The summed E-state index contributed by atoms with van der Waals surface area (Å²) in [5, 5.41) is 13.7. The summed E-state index contributed by atoms with van der Waals surface area (Å²) in [6.45, 7) is 13.2. The lowest BCUT2D eigenvalue weighted by atomic mass is 9.85. The van der Waals surface area contributed by atoms with Crippen LogP contribution in [0.1, 0.15) is 51.2 Å². The van der Waals surface area contributed by atoms with E-state index in [9.17, 15) is 9.90 Å². The number of thioether (sulfide) groups is 1. The molecule has 0 saturated carbocycles. The Balaban J connectivity index is 0.000000750. The Kier molecular flexibility index (Phi) is 14.0. The summed E-state index contributed by atoms with van der Waals surface area (Å²) in [5.41, 5.74) is 6.43. The maximum Gasteiger partial charge on any atom is 0.219 e. The fourth-order valence-electron chi connectivity index (χ4n) is 4.37. The first-order valence-corrected chi connectivity index (χ1v) is 14.8. The molecular weight excluding hydrogens is 576 g/mol. The molecular formula is C27H38Br2N2O2S. The minimum atomic E-state index is 0.132. The first-order chi connectivity index (χ1) is 16.3. The molecule has 1 aromatic rings. The molecule has 4 nitrogen and oxygen atoms in total. The normalized spacial score (nSPS) is 18.4. The lowest BCUT2D eigenvalue weighted by molar-refractivity contribution is -0.129. The molecule has 2 aliphatic heterocycles. The Morgan fingerprint density at radius 2 is 1.71 bits per heavy atom. The van der Waals surface area contributed by atoms with Gasteiger partial charge in [-0.15, -0.1) is 13.2 Å². The summed E-state index contributed by atoms with van der Waals surface area (Å²) >= 11 is 9.05. The molecule has 0 bridgehead atoms. The molecule has 3 aliphatic rings. The molecule has 0 aromatic heterocycles. The Bertz CT molecular complexity index is 931. The zero-order valence-corrected chi connectivity index (χ0v) is 25.0. The molecule has 1 aliphatic carbocycles. The van der Waals surface area contributed by atoms with Gasteiger partial charge in [-0.2, -0.15) is 11.8 Å². The number of halogens is 2. The minimum absolute atomic E-state index is 0.132. The zero-order chi connectivity index (χ0) is 25.8. The van der Waals surface area contributed by atoms with Gasteiger partial charge in [0.2, 0.25) is 5.91 Å². The van der Waals surface area contributed by atoms with Crippen molar-refractivity contribution < 1.29 is 9.90 Å². The number of hydrogen-bond donors (Lipinski definition) is 2. The Labute approximate surface area is 226 Å². The van der Waals surface area contributed by atoms with Gasteiger partial charge in [-0.05, 0) is 94.6 Å². The molecule has 1 amide bonds. The van der Waals surface area contributed by atoms with Gasteiger partial charge in [0.1, 0.15) is 5.75 Å². The van der Waals surface area contributed by atoms with E-state index in [0.29, 0.717) is 5.75 Å². The number of nitrogens with one attached hydrogen (secondary N) is 1. The molecule has 4 rings (SSSR count). The number of fused-ring (bicyclic) bond motifs is 2. The molecule has 1 unspecified atom stereocenters. The van der Waals surface area contributed by atoms with E-state index in [1.807, 2.05) is 43.5 Å². The van der Waals surface area contributed by atoms with E-state index in [4.69, 9.17) is 0 Å². The highest BCUT2D eigenvalue weighted by molar-refractivity contribution is 9.12. The monoisotopic (exact) mass is 612 g/mol. The van der Waals surface area contributed by atoms with Crippen LogP contribution in [0.3, 0.4) is 0 Å². The van der Waals surface area contributed by atoms with Crippen molar-refractivity contribution in [2.45, 2.75) is 52.5 Å². The third-order valence-corrected chi connectivity index (χ3v) is 6.76. The average Bonchev–Trinajstić information content (AvgIpc) is 2.99. The van der Waals surface area contributed by atoms with Crippen LogP contribution in [-0.2, 0) is 11.2 Å². The summed E-state index contributed by atoms with van der Waals surface area (Å²) < 4.78 is 1.99. The quantitative estimate of drug-likeness (QED) is 0.299. The second kappa shape index (κ2) is 15.5. The van der Waals surface area contributed by atoms with Gasteiger partial charge < -0.3 is 15.3 Å². The van der Waals surface area contributed by atoms with Crippen LogP contribution in [0, 0.1) is 0 Å². The highest BCUT2D eigenvalue weighted by atomic mass is 79.9. The van der Waals surface area contributed by atoms with Crippen molar-refractivity contribution in [1.29, 1.82) is 0 Å². The molecule has 34 heavy (non-hydrogen) atoms. The number of carbonyl (C=O) groups is 1. The number of hydrogen-bond acceptors (Lipinski definition) is 4. The van der Waals surface area contributed by atoms with Gasteiger partial charge in [0, 0.05) is 35.2 Å². The Morgan fingerprint density at radius 1 is 1.12 bits per heavy atom. The number of aromatic hydroxyl groups is 1. The molecule has 1 aromatic carbocycles. The highest BCUT2D eigenvalue weighted by Gasteiger charge is 2.32. The van der Waals surface area contributed by atoms with Crippen molar-refractivity contribution in [3.05, 3.63) is 68.8 Å². The number of phenolic OH excluding ortho intramolecular Hbond substituents is 1. The molecule has 2 N–H and O–H groups in total. The highest BCUT2D eigenvalue weighted by Crippen LogP contribution is 2.44. The second-order valence-corrected chi connectivity index (χ2v) is 10.3. The number of carbonyl (C=O) groups excluding carboxylic acids is 1. The number of piperidine rings is 1. The average molecular weight is 614 g/mol. The van der Waals surface area contributed by atoms with E-state index in [2.05, 4.69) is 56.4 Å². The molecule has 2 heterocycles. The standard InChI is InChI=1S/C21H22Br2N2O2.C2H6S.C2H6.C2H4/c1-12(26)25-6-4-13(5-7-25)20-19-14(9-17(27)10-18(19)23)2-3-15-8-16(22)11-24-21(15)20;1-3-2;2*1-2/h8-11,21,24,27H,2-7H2,1H3;1-2H3;1-2H3;1-2H2. The van der Waals surface area contributed by atoms with Crippen LogP contribution >= 0.6 is 43.6 Å². The lowest BCUT2D eigenvalue weighted by Crippen LogP contribution is -2.36. The predicted octanol–water partition coefficient (Wildman–Crippen LogP) is 7.44. The van der Waals surface area contributed by atoms with E-state index in [0.717, 1.165) is 47.7 Å². The van der Waals surface area contributed by atoms with Gasteiger partial charge >= 0.3 is 0 Å². The van der Waals surface area contributed by atoms with E-state index in [-0.39, 0.29) is 11.9 Å². The number of rotatable bonds is 0. The number of aryl methyl sites for hydroxylation is 1. The third kappa shape index (κ3) is 7.79. The molecule has 1 saturated heterocycles. The first kappa shape index (κ1) is 30.6. The van der Waals surface area contributed by atoms with Crippen molar-refractivity contribution >= 4 is 55.1 Å². The molecule has 7 heteroatoms. The minimum Gasteiger partial charge on any atom is -0.508 e. The molecule has 188 valence electrons. The van der Waals surface area contributed by atoms with Crippen molar-refractivity contribution in [1.82, 2.24) is 10.2 Å². The SMILES string of the molecule is C=C.CC.CC(=O)N1CCC(=C2c3c(Br)cc(O)cc3CCC3=CC(Br)=CNC32)CC1.CSC. The largest absolute Gasteiger partial charge is 0.508 e. The summed E-state index contributed by atoms with van der Waals surface area (Å²) in [7, 11) is 0. The van der Waals surface area contributed by atoms with Gasteiger partial charge in [-0.3, -0.25) is 4.79 Å². The van der Waals surface area contributed by atoms with Crippen LogP contribution in [-0.4, -0.2) is 47.6 Å². The van der Waals surface area contributed by atoms with E-state index in [1.54, 1.807) is 24.8 Å². The Hall–Kier alpha value is -1.44. The third-order valence-electron chi connectivity index (χ3n) is 5.67. The van der Waals surface area contributed by atoms with Crippen molar-refractivity contribution in [3.8, 4) is 5.75 Å². The lowest BCUT2D eigenvalue weighted by Gasteiger charge is -2.33. The van der Waals surface area contributed by atoms with Gasteiger partial charge in [-0.25, -0.2) is 0 Å². The molecule has 1 atom stereocenters. The van der Waals surface area contributed by atoms with E-state index in [1.165, 1.54) is 27.8 Å². The topological polar surface area (TPSA) is 52.6 Å². The maximum atomic E-state index is 11.7. The maximum absolute atomic E-state index is 11.7. The fraction of sp³-hybridized carbons (Fsp3) is 0.444. The molecule has 1 fully saturated rings. The van der Waals surface area contributed by atoms with Gasteiger partial charge in [0.25, 0.3) is 0 Å². The number of benzene rings is 1. The summed E-state index contributed by atoms with van der Waals surface area (Å²) in [6.07, 6.45) is 11.9. The predicted molar refractivity (Wildman–Crippen MR) is 157 cm³/mol. The summed E-state index contributed by atoms with van der Waals surface area (Å²) in [6, 6.07) is 3.81. The van der Waals surface area contributed by atoms with Crippen LogP contribution in [0.4, 0.5) is 0 Å². The van der Waals surface area contributed by atoms with Crippen LogP contribution in [0.25, 0.3) is 5.57 Å². The van der Waals surface area contributed by atoms with Gasteiger partial charge in [0.05, 0.1) is 6.04 Å². The number of amides is 1. The van der Waals surface area contributed by atoms with Crippen LogP contribution in [0.5, 0.6) is 5.75 Å². The van der Waals surface area contributed by atoms with Gasteiger partial charge in [0.15, 0.2) is 0 Å². The number of allylic oxidation sites excluding steroid dienone is 2. The summed E-state index contributed by atoms with van der Waals surface area (Å²) in [5.74, 6) is 0.442. The zero-order valence-electron chi connectivity index (χ0n) is 21.0. The van der Waals surface area contributed by atoms with Crippen LogP contribution in [0.15, 0.2) is 57.7 Å². The molecule has 0 spiro atoms. The second-order valence-electron chi connectivity index (χ2n) is 7.74. The van der Waals surface area contributed by atoms with E-state index >= 15 is 0 Å². The first-order valence-electron chi connectivity index (χ1n) is 11.6.